The first-order valence-corrected chi connectivity index (χ1v) is 9.78. The molecule has 0 fully saturated rings. The number of ether oxygens (including phenoxy) is 1. The molecule has 0 spiro atoms. The molecule has 0 aliphatic rings. The molecule has 3 rings (SSSR count). The summed E-state index contributed by atoms with van der Waals surface area (Å²) in [5, 5.41) is 11.9. The molecule has 0 aromatic heterocycles. The Kier molecular flexibility index (Phi) is 6.76. The predicted molar refractivity (Wildman–Crippen MR) is 115 cm³/mol. The van der Waals surface area contributed by atoms with Gasteiger partial charge in [-0.05, 0) is 73.5 Å². The zero-order chi connectivity index (χ0) is 20.6. The molecular formula is C22H20N2O4S. The van der Waals surface area contributed by atoms with Gasteiger partial charge in [0.15, 0.2) is 0 Å². The van der Waals surface area contributed by atoms with Crippen LogP contribution in [0, 0.1) is 0 Å². The first kappa shape index (κ1) is 20.3. The average molecular weight is 408 g/mol. The lowest BCUT2D eigenvalue weighted by molar-refractivity contribution is 0.0698. The van der Waals surface area contributed by atoms with Crippen molar-refractivity contribution >= 4 is 35.2 Å². The van der Waals surface area contributed by atoms with E-state index in [1.807, 2.05) is 37.3 Å². The Bertz CT molecular complexity index is 1010. The van der Waals surface area contributed by atoms with Gasteiger partial charge in [0.1, 0.15) is 5.75 Å². The fraction of sp³-hybridized carbons (Fsp3) is 0.0909. The first-order chi connectivity index (χ1) is 14.1. The maximum absolute atomic E-state index is 12.6. The van der Waals surface area contributed by atoms with Crippen molar-refractivity contribution in [2.45, 2.75) is 11.8 Å². The third kappa shape index (κ3) is 5.52. The van der Waals surface area contributed by atoms with Crippen LogP contribution in [0.3, 0.4) is 0 Å². The van der Waals surface area contributed by atoms with Gasteiger partial charge in [0.2, 0.25) is 0 Å². The lowest BCUT2D eigenvalue weighted by atomic mass is 10.1. The van der Waals surface area contributed by atoms with E-state index in [1.54, 1.807) is 36.4 Å². The van der Waals surface area contributed by atoms with Gasteiger partial charge in [-0.1, -0.05) is 18.2 Å². The number of aromatic carboxylic acids is 1. The SMILES string of the molecule is CCOc1ccc(NSc2cccc(C(=O)Nc3ccccc3C(=O)O)c2)cc1. The van der Waals surface area contributed by atoms with Crippen molar-refractivity contribution in [2.75, 3.05) is 16.6 Å². The Hall–Kier alpha value is -3.45. The Morgan fingerprint density at radius 3 is 2.48 bits per heavy atom. The van der Waals surface area contributed by atoms with Crippen LogP contribution in [-0.2, 0) is 0 Å². The summed E-state index contributed by atoms with van der Waals surface area (Å²) in [4.78, 5) is 24.7. The monoisotopic (exact) mass is 408 g/mol. The second-order valence-electron chi connectivity index (χ2n) is 5.99. The van der Waals surface area contributed by atoms with Crippen LogP contribution in [-0.4, -0.2) is 23.6 Å². The average Bonchev–Trinajstić information content (AvgIpc) is 2.74. The summed E-state index contributed by atoms with van der Waals surface area (Å²) in [5.74, 6) is -0.657. The van der Waals surface area contributed by atoms with Gasteiger partial charge in [-0.25, -0.2) is 4.79 Å². The zero-order valence-electron chi connectivity index (χ0n) is 15.7. The molecule has 0 saturated carbocycles. The van der Waals surface area contributed by atoms with E-state index in [0.717, 1.165) is 16.3 Å². The highest BCUT2D eigenvalue weighted by Crippen LogP contribution is 2.24. The van der Waals surface area contributed by atoms with Gasteiger partial charge in [0, 0.05) is 16.1 Å². The molecule has 29 heavy (non-hydrogen) atoms. The van der Waals surface area contributed by atoms with Crippen LogP contribution in [0.25, 0.3) is 0 Å². The number of carboxylic acids is 1. The van der Waals surface area contributed by atoms with Crippen molar-refractivity contribution in [3.63, 3.8) is 0 Å². The molecule has 0 bridgehead atoms. The number of carboxylic acid groups (broad SMARTS) is 1. The molecule has 3 aromatic rings. The van der Waals surface area contributed by atoms with Crippen molar-refractivity contribution in [1.29, 1.82) is 0 Å². The first-order valence-electron chi connectivity index (χ1n) is 8.96. The number of nitrogens with one attached hydrogen (secondary N) is 2. The Balaban J connectivity index is 1.66. The van der Waals surface area contributed by atoms with E-state index in [0.29, 0.717) is 12.2 Å². The minimum absolute atomic E-state index is 0.0449. The molecule has 1 amide bonds. The highest BCUT2D eigenvalue weighted by atomic mass is 32.2. The van der Waals surface area contributed by atoms with Crippen molar-refractivity contribution in [3.05, 3.63) is 83.9 Å². The van der Waals surface area contributed by atoms with E-state index < -0.39 is 5.97 Å². The molecular weight excluding hydrogens is 388 g/mol. The van der Waals surface area contributed by atoms with Gasteiger partial charge >= 0.3 is 5.97 Å². The number of hydrogen-bond donors (Lipinski definition) is 3. The van der Waals surface area contributed by atoms with Gasteiger partial charge in [-0.3, -0.25) is 4.79 Å². The number of anilines is 2. The maximum Gasteiger partial charge on any atom is 0.337 e. The predicted octanol–water partition coefficient (Wildman–Crippen LogP) is 5.16. The lowest BCUT2D eigenvalue weighted by Gasteiger charge is -2.10. The topological polar surface area (TPSA) is 87.7 Å². The van der Waals surface area contributed by atoms with Crippen molar-refractivity contribution in [1.82, 2.24) is 0 Å². The summed E-state index contributed by atoms with van der Waals surface area (Å²) in [7, 11) is 0. The summed E-state index contributed by atoms with van der Waals surface area (Å²) in [5.41, 5.74) is 1.64. The fourth-order valence-electron chi connectivity index (χ4n) is 2.58. The fourth-order valence-corrected chi connectivity index (χ4v) is 3.28. The number of carbonyl (C=O) groups is 2. The molecule has 0 aliphatic carbocycles. The molecule has 148 valence electrons. The van der Waals surface area contributed by atoms with E-state index in [-0.39, 0.29) is 17.2 Å². The van der Waals surface area contributed by atoms with E-state index in [1.165, 1.54) is 18.0 Å². The van der Waals surface area contributed by atoms with Crippen LogP contribution >= 0.6 is 11.9 Å². The Morgan fingerprint density at radius 1 is 1.00 bits per heavy atom. The van der Waals surface area contributed by atoms with Gasteiger partial charge in [0.25, 0.3) is 5.91 Å². The highest BCUT2D eigenvalue weighted by Gasteiger charge is 2.13. The molecule has 6 nitrogen and oxygen atoms in total. The quantitative estimate of drug-likeness (QED) is 0.447. The van der Waals surface area contributed by atoms with Crippen LogP contribution in [0.15, 0.2) is 77.7 Å². The summed E-state index contributed by atoms with van der Waals surface area (Å²) < 4.78 is 8.64. The molecule has 0 unspecified atom stereocenters. The minimum Gasteiger partial charge on any atom is -0.494 e. The van der Waals surface area contributed by atoms with Crippen LogP contribution in [0.4, 0.5) is 11.4 Å². The Labute approximate surface area is 173 Å². The molecule has 0 radical (unpaired) electrons. The normalized spacial score (nSPS) is 10.2. The number of carbonyl (C=O) groups excluding carboxylic acids is 1. The van der Waals surface area contributed by atoms with Gasteiger partial charge in [0.05, 0.1) is 17.9 Å². The summed E-state index contributed by atoms with van der Waals surface area (Å²) in [6, 6.07) is 21.0. The Morgan fingerprint density at radius 2 is 1.76 bits per heavy atom. The molecule has 0 aliphatic heterocycles. The van der Waals surface area contributed by atoms with E-state index in [9.17, 15) is 14.7 Å². The zero-order valence-corrected chi connectivity index (χ0v) is 16.5. The van der Waals surface area contributed by atoms with Crippen molar-refractivity contribution in [2.24, 2.45) is 0 Å². The van der Waals surface area contributed by atoms with Gasteiger partial charge in [-0.15, -0.1) is 0 Å². The van der Waals surface area contributed by atoms with Crippen LogP contribution in [0.1, 0.15) is 27.6 Å². The summed E-state index contributed by atoms with van der Waals surface area (Å²) >= 11 is 1.37. The number of hydrogen-bond acceptors (Lipinski definition) is 5. The molecule has 0 saturated heterocycles. The number of para-hydroxylation sites is 1. The van der Waals surface area contributed by atoms with Crippen molar-refractivity contribution in [3.8, 4) is 5.75 Å². The molecule has 0 atom stereocenters. The number of benzene rings is 3. The van der Waals surface area contributed by atoms with Gasteiger partial charge < -0.3 is 19.9 Å². The molecule has 7 heteroatoms. The van der Waals surface area contributed by atoms with Gasteiger partial charge in [-0.2, -0.15) is 0 Å². The van der Waals surface area contributed by atoms with E-state index in [4.69, 9.17) is 4.74 Å². The molecule has 3 aromatic carbocycles. The van der Waals surface area contributed by atoms with Crippen LogP contribution < -0.4 is 14.8 Å². The van der Waals surface area contributed by atoms with E-state index in [2.05, 4.69) is 10.0 Å². The maximum atomic E-state index is 12.6. The second kappa shape index (κ2) is 9.66. The third-order valence-electron chi connectivity index (χ3n) is 3.95. The van der Waals surface area contributed by atoms with Crippen molar-refractivity contribution < 1.29 is 19.4 Å². The van der Waals surface area contributed by atoms with E-state index >= 15 is 0 Å². The molecule has 0 heterocycles. The molecule has 3 N–H and O–H groups in total. The standard InChI is InChI=1S/C22H20N2O4S/c1-2-28-17-12-10-16(11-13-17)24-29-18-7-5-6-15(14-18)21(25)23-20-9-4-3-8-19(20)22(26)27/h3-14,24H,2H2,1H3,(H,23,25)(H,26,27). The summed E-state index contributed by atoms with van der Waals surface area (Å²) in [6.07, 6.45) is 0. The third-order valence-corrected chi connectivity index (χ3v) is 4.78. The largest absolute Gasteiger partial charge is 0.494 e. The second-order valence-corrected chi connectivity index (χ2v) is 6.87. The smallest absolute Gasteiger partial charge is 0.337 e. The minimum atomic E-state index is -1.09. The summed E-state index contributed by atoms with van der Waals surface area (Å²) in [6.45, 7) is 2.55. The van der Waals surface area contributed by atoms with Crippen LogP contribution in [0.2, 0.25) is 0 Å². The highest BCUT2D eigenvalue weighted by molar-refractivity contribution is 8.00. The lowest BCUT2D eigenvalue weighted by Crippen LogP contribution is -2.14. The van der Waals surface area contributed by atoms with Crippen LogP contribution in [0.5, 0.6) is 5.75 Å². The number of amides is 1. The number of rotatable bonds is 8.